The number of hydrogen-bond donors (Lipinski definition) is 2. The van der Waals surface area contributed by atoms with Crippen molar-refractivity contribution in [1.82, 2.24) is 20.0 Å². The number of benzene rings is 3. The first kappa shape index (κ1) is 18.8. The number of fused-ring (bicyclic) bond motifs is 2. The molecule has 0 unspecified atom stereocenters. The Hall–Kier alpha value is -3.97. The van der Waals surface area contributed by atoms with E-state index in [1.54, 1.807) is 0 Å². The van der Waals surface area contributed by atoms with Crippen LogP contribution in [0.25, 0.3) is 44.5 Å². The van der Waals surface area contributed by atoms with Crippen LogP contribution in [-0.2, 0) is 11.3 Å². The maximum atomic E-state index is 11.1. The van der Waals surface area contributed by atoms with Crippen molar-refractivity contribution in [3.63, 3.8) is 0 Å². The lowest BCUT2D eigenvalue weighted by Gasteiger charge is -2.36. The van der Waals surface area contributed by atoms with E-state index in [0.717, 1.165) is 44.9 Å². The molecule has 158 valence electrons. The predicted octanol–water partition coefficient (Wildman–Crippen LogP) is 4.55. The number of aliphatic carboxylic acids is 1. The van der Waals surface area contributed by atoms with Crippen LogP contribution in [0.1, 0.15) is 5.56 Å². The Morgan fingerprint density at radius 2 is 1.94 bits per heavy atom. The molecular weight excluding hydrogens is 404 g/mol. The molecule has 1 saturated heterocycles. The van der Waals surface area contributed by atoms with Gasteiger partial charge in [-0.25, -0.2) is 0 Å². The molecule has 7 heteroatoms. The molecule has 0 spiro atoms. The quantitative estimate of drug-likeness (QED) is 0.430. The van der Waals surface area contributed by atoms with Crippen molar-refractivity contribution in [2.24, 2.45) is 5.92 Å². The molecule has 5 aromatic rings. The number of carboxylic acid groups (broad SMARTS) is 1. The zero-order valence-electron chi connectivity index (χ0n) is 17.2. The summed E-state index contributed by atoms with van der Waals surface area (Å²) in [5, 5.41) is 16.6. The van der Waals surface area contributed by atoms with Crippen molar-refractivity contribution < 1.29 is 14.4 Å². The van der Waals surface area contributed by atoms with E-state index in [9.17, 15) is 4.79 Å². The normalized spacial score (nSPS) is 14.8. The average Bonchev–Trinajstić information content (AvgIpc) is 3.44. The summed E-state index contributed by atoms with van der Waals surface area (Å²) in [5.41, 5.74) is 4.01. The minimum Gasteiger partial charge on any atom is -0.481 e. The lowest BCUT2D eigenvalue weighted by atomic mass is 9.95. The standard InChI is InChI=1S/C25H20N4O3/c30-25(31)18-13-29(14-18)12-17-5-7-21(20-4-2-1-3-19(17)20)23-27-24(32-28-23)16-6-8-22-15(11-16)9-10-26-22/h1-11,18,26H,12-14H2,(H,30,31). The summed E-state index contributed by atoms with van der Waals surface area (Å²) in [5.74, 6) is 0.0529. The number of aromatic nitrogens is 3. The minimum absolute atomic E-state index is 0.260. The van der Waals surface area contributed by atoms with Gasteiger partial charge in [-0.1, -0.05) is 41.6 Å². The second-order valence-corrected chi connectivity index (χ2v) is 8.25. The molecule has 0 bridgehead atoms. The molecule has 0 atom stereocenters. The Bertz CT molecular complexity index is 1460. The minimum atomic E-state index is -0.718. The molecule has 6 rings (SSSR count). The van der Waals surface area contributed by atoms with E-state index in [2.05, 4.69) is 38.2 Å². The molecule has 0 aliphatic carbocycles. The summed E-state index contributed by atoms with van der Waals surface area (Å²) >= 11 is 0. The third kappa shape index (κ3) is 3.14. The Labute approximate surface area is 183 Å². The topological polar surface area (TPSA) is 95.2 Å². The molecule has 1 aliphatic heterocycles. The van der Waals surface area contributed by atoms with Crippen molar-refractivity contribution >= 4 is 27.6 Å². The maximum absolute atomic E-state index is 11.1. The van der Waals surface area contributed by atoms with Gasteiger partial charge in [0.1, 0.15) is 0 Å². The zero-order chi connectivity index (χ0) is 21.7. The fourth-order valence-electron chi connectivity index (χ4n) is 4.43. The van der Waals surface area contributed by atoms with Gasteiger partial charge in [0.15, 0.2) is 0 Å². The van der Waals surface area contributed by atoms with E-state index in [-0.39, 0.29) is 5.92 Å². The number of carboxylic acids is 1. The average molecular weight is 424 g/mol. The van der Waals surface area contributed by atoms with Crippen LogP contribution in [0.2, 0.25) is 0 Å². The van der Waals surface area contributed by atoms with E-state index in [1.807, 2.05) is 48.7 Å². The SMILES string of the molecule is O=C(O)C1CN(Cc2ccc(-c3noc(-c4ccc5[nH]ccc5c4)n3)c3ccccc23)C1. The second kappa shape index (κ2) is 7.32. The van der Waals surface area contributed by atoms with Crippen LogP contribution in [0.4, 0.5) is 0 Å². The lowest BCUT2D eigenvalue weighted by molar-refractivity contribution is -0.147. The molecule has 2 aromatic heterocycles. The van der Waals surface area contributed by atoms with Crippen LogP contribution < -0.4 is 0 Å². The Morgan fingerprint density at radius 1 is 1.09 bits per heavy atom. The number of hydrogen-bond acceptors (Lipinski definition) is 5. The van der Waals surface area contributed by atoms with Crippen molar-refractivity contribution in [3.05, 3.63) is 72.4 Å². The van der Waals surface area contributed by atoms with Crippen LogP contribution in [0, 0.1) is 5.92 Å². The molecule has 0 amide bonds. The maximum Gasteiger partial charge on any atom is 0.309 e. The number of likely N-dealkylation sites (tertiary alicyclic amines) is 1. The summed E-state index contributed by atoms with van der Waals surface area (Å²) in [4.78, 5) is 21.1. The summed E-state index contributed by atoms with van der Waals surface area (Å²) in [6, 6.07) is 20.3. The third-order valence-corrected chi connectivity index (χ3v) is 6.18. The fraction of sp³-hybridized carbons (Fsp3) is 0.160. The molecule has 0 saturated carbocycles. The highest BCUT2D eigenvalue weighted by Crippen LogP contribution is 2.32. The summed E-state index contributed by atoms with van der Waals surface area (Å²) < 4.78 is 5.60. The number of H-pyrrole nitrogens is 1. The van der Waals surface area contributed by atoms with Gasteiger partial charge in [0.05, 0.1) is 5.92 Å². The number of aromatic amines is 1. The van der Waals surface area contributed by atoms with Crippen LogP contribution >= 0.6 is 0 Å². The number of carbonyl (C=O) groups is 1. The van der Waals surface area contributed by atoms with Crippen LogP contribution in [-0.4, -0.2) is 44.2 Å². The van der Waals surface area contributed by atoms with Gasteiger partial charge in [0.25, 0.3) is 5.89 Å². The first-order valence-electron chi connectivity index (χ1n) is 10.5. The van der Waals surface area contributed by atoms with Crippen molar-refractivity contribution in [2.45, 2.75) is 6.54 Å². The Morgan fingerprint density at radius 3 is 2.78 bits per heavy atom. The van der Waals surface area contributed by atoms with Crippen LogP contribution in [0.5, 0.6) is 0 Å². The number of nitrogens with one attached hydrogen (secondary N) is 1. The molecule has 1 fully saturated rings. The molecule has 3 heterocycles. The molecule has 2 N–H and O–H groups in total. The number of nitrogens with zero attached hydrogens (tertiary/aromatic N) is 3. The van der Waals surface area contributed by atoms with E-state index >= 15 is 0 Å². The lowest BCUT2D eigenvalue weighted by Crippen LogP contribution is -2.49. The summed E-state index contributed by atoms with van der Waals surface area (Å²) in [7, 11) is 0. The zero-order valence-corrected chi connectivity index (χ0v) is 17.2. The predicted molar refractivity (Wildman–Crippen MR) is 121 cm³/mol. The molecule has 1 aliphatic rings. The first-order valence-corrected chi connectivity index (χ1v) is 10.5. The number of rotatable bonds is 5. The molecule has 3 aromatic carbocycles. The smallest absolute Gasteiger partial charge is 0.309 e. The largest absolute Gasteiger partial charge is 0.481 e. The monoisotopic (exact) mass is 424 g/mol. The van der Waals surface area contributed by atoms with Gasteiger partial charge in [0, 0.05) is 47.9 Å². The third-order valence-electron chi connectivity index (χ3n) is 6.18. The highest BCUT2D eigenvalue weighted by molar-refractivity contribution is 5.97. The van der Waals surface area contributed by atoms with Gasteiger partial charge >= 0.3 is 5.97 Å². The van der Waals surface area contributed by atoms with Crippen molar-refractivity contribution in [1.29, 1.82) is 0 Å². The van der Waals surface area contributed by atoms with Gasteiger partial charge < -0.3 is 14.6 Å². The molecule has 7 nitrogen and oxygen atoms in total. The van der Waals surface area contributed by atoms with E-state index in [4.69, 9.17) is 9.63 Å². The fourth-order valence-corrected chi connectivity index (χ4v) is 4.43. The first-order chi connectivity index (χ1) is 15.7. The molecule has 0 radical (unpaired) electrons. The summed E-state index contributed by atoms with van der Waals surface area (Å²) in [6.07, 6.45) is 1.91. The van der Waals surface area contributed by atoms with Crippen molar-refractivity contribution in [2.75, 3.05) is 13.1 Å². The second-order valence-electron chi connectivity index (χ2n) is 8.25. The van der Waals surface area contributed by atoms with Gasteiger partial charge in [-0.05, 0) is 40.6 Å². The van der Waals surface area contributed by atoms with Gasteiger partial charge in [-0.3, -0.25) is 9.69 Å². The van der Waals surface area contributed by atoms with E-state index in [0.29, 0.717) is 24.8 Å². The van der Waals surface area contributed by atoms with Gasteiger partial charge in [0.2, 0.25) is 5.82 Å². The molecule has 32 heavy (non-hydrogen) atoms. The van der Waals surface area contributed by atoms with E-state index < -0.39 is 5.97 Å². The summed E-state index contributed by atoms with van der Waals surface area (Å²) in [6.45, 7) is 1.90. The Balaban J connectivity index is 1.33. The van der Waals surface area contributed by atoms with Gasteiger partial charge in [-0.2, -0.15) is 4.98 Å². The molecular formula is C25H20N4O3. The highest BCUT2D eigenvalue weighted by atomic mass is 16.5. The van der Waals surface area contributed by atoms with Crippen LogP contribution in [0.15, 0.2) is 71.4 Å². The van der Waals surface area contributed by atoms with E-state index in [1.165, 1.54) is 0 Å². The van der Waals surface area contributed by atoms with Crippen molar-refractivity contribution in [3.8, 4) is 22.8 Å². The van der Waals surface area contributed by atoms with Gasteiger partial charge in [-0.15, -0.1) is 0 Å². The Kier molecular flexibility index (Phi) is 4.29. The van der Waals surface area contributed by atoms with Crippen LogP contribution in [0.3, 0.4) is 0 Å². The highest BCUT2D eigenvalue weighted by Gasteiger charge is 2.32.